The fourth-order valence-electron chi connectivity index (χ4n) is 1.80. The van der Waals surface area contributed by atoms with E-state index in [0.29, 0.717) is 6.42 Å². The average Bonchev–Trinajstić information content (AvgIpc) is 2.75. The van der Waals surface area contributed by atoms with Gasteiger partial charge in [-0.05, 0) is 33.0 Å². The molecule has 1 aromatic rings. The molecule has 1 N–H and O–H groups in total. The summed E-state index contributed by atoms with van der Waals surface area (Å²) in [7, 11) is -1.55. The Kier molecular flexibility index (Phi) is 3.84. The second-order valence-electron chi connectivity index (χ2n) is 5.07. The molecule has 1 aliphatic heterocycles. The van der Waals surface area contributed by atoms with Gasteiger partial charge in [-0.25, -0.2) is 17.7 Å². The van der Waals surface area contributed by atoms with Crippen LogP contribution in [0.2, 0.25) is 0 Å². The van der Waals surface area contributed by atoms with E-state index in [1.807, 2.05) is 0 Å². The summed E-state index contributed by atoms with van der Waals surface area (Å²) in [6.45, 7) is 3.59. The molecule has 1 unspecified atom stereocenters. The third-order valence-electron chi connectivity index (χ3n) is 2.91. The first-order chi connectivity index (χ1) is 9.27. The number of nitrogens with one attached hydrogen (secondary N) is 1. The van der Waals surface area contributed by atoms with Crippen LogP contribution in [0.15, 0.2) is 23.4 Å². The van der Waals surface area contributed by atoms with Crippen LogP contribution < -0.4 is 4.72 Å². The molecule has 2 rings (SSSR count). The fourth-order valence-corrected chi connectivity index (χ4v) is 3.56. The van der Waals surface area contributed by atoms with Gasteiger partial charge in [0.05, 0.1) is 15.3 Å². The molecule has 0 saturated heterocycles. The maximum atomic E-state index is 13.7. The third-order valence-corrected chi connectivity index (χ3v) is 5.00. The summed E-state index contributed by atoms with van der Waals surface area (Å²) in [4.78, 5) is 5.16. The summed E-state index contributed by atoms with van der Waals surface area (Å²) < 4.78 is 42.7. The van der Waals surface area contributed by atoms with Crippen LogP contribution in [0.25, 0.3) is 0 Å². The Balaban J connectivity index is 2.52. The maximum absolute atomic E-state index is 13.7. The van der Waals surface area contributed by atoms with Gasteiger partial charge in [-0.1, -0.05) is 11.2 Å². The highest BCUT2D eigenvalue weighted by atomic mass is 32.2. The molecule has 1 atom stereocenters. The van der Waals surface area contributed by atoms with Crippen molar-refractivity contribution in [2.45, 2.75) is 25.9 Å². The Morgan fingerprint density at radius 2 is 2.00 bits per heavy atom. The molecule has 0 aliphatic carbocycles. The van der Waals surface area contributed by atoms with Crippen LogP contribution in [0.5, 0.6) is 0 Å². The van der Waals surface area contributed by atoms with E-state index in [-0.39, 0.29) is 10.6 Å². The van der Waals surface area contributed by atoms with E-state index in [2.05, 4.69) is 9.88 Å². The van der Waals surface area contributed by atoms with E-state index in [4.69, 9.17) is 4.84 Å². The maximum Gasteiger partial charge on any atom is 0.154 e. The summed E-state index contributed by atoms with van der Waals surface area (Å²) in [6.07, 6.45) is 0.319. The molecule has 1 aromatic carbocycles. The SMILES string of the molecule is CNS(=O)(=Cc1c(F)cccc1F)C1=NOC(C)(C)C1. The normalized spacial score (nSPS) is 19.9. The van der Waals surface area contributed by atoms with E-state index >= 15 is 0 Å². The Hall–Kier alpha value is -1.47. The summed E-state index contributed by atoms with van der Waals surface area (Å²) in [5.41, 5.74) is -0.907. The van der Waals surface area contributed by atoms with Crippen molar-refractivity contribution in [3.8, 4) is 0 Å². The molecule has 7 heteroatoms. The zero-order chi connectivity index (χ0) is 15.0. The molecule has 20 heavy (non-hydrogen) atoms. The highest BCUT2D eigenvalue weighted by molar-refractivity contribution is 8.13. The van der Waals surface area contributed by atoms with Gasteiger partial charge < -0.3 is 4.84 Å². The minimum atomic E-state index is -3.00. The van der Waals surface area contributed by atoms with E-state index in [1.165, 1.54) is 13.1 Å². The molecule has 0 spiro atoms. The minimum absolute atomic E-state index is 0.243. The zero-order valence-electron chi connectivity index (χ0n) is 11.4. The second-order valence-corrected chi connectivity index (χ2v) is 7.39. The molecular formula is C13H16F2N2O2S. The van der Waals surface area contributed by atoms with E-state index < -0.39 is 26.9 Å². The van der Waals surface area contributed by atoms with Gasteiger partial charge in [0.1, 0.15) is 17.2 Å². The van der Waals surface area contributed by atoms with Gasteiger partial charge >= 0.3 is 0 Å². The molecule has 1 heterocycles. The van der Waals surface area contributed by atoms with E-state index in [1.54, 1.807) is 13.8 Å². The van der Waals surface area contributed by atoms with Gasteiger partial charge in [0.15, 0.2) is 5.04 Å². The number of hydrogen-bond acceptors (Lipinski definition) is 3. The predicted molar refractivity (Wildman–Crippen MR) is 75.9 cm³/mol. The highest BCUT2D eigenvalue weighted by Crippen LogP contribution is 2.25. The first-order valence-electron chi connectivity index (χ1n) is 6.04. The second kappa shape index (κ2) is 5.14. The lowest BCUT2D eigenvalue weighted by Gasteiger charge is -2.14. The molecule has 0 radical (unpaired) electrons. The summed E-state index contributed by atoms with van der Waals surface area (Å²) in [5.74, 6) is -1.54. The Morgan fingerprint density at radius 3 is 2.45 bits per heavy atom. The Labute approximate surface area is 117 Å². The monoisotopic (exact) mass is 302 g/mol. The van der Waals surface area contributed by atoms with Crippen molar-refractivity contribution in [1.29, 1.82) is 0 Å². The predicted octanol–water partition coefficient (Wildman–Crippen LogP) is 2.05. The van der Waals surface area contributed by atoms with Crippen molar-refractivity contribution >= 4 is 20.1 Å². The molecule has 0 saturated carbocycles. The van der Waals surface area contributed by atoms with Crippen molar-refractivity contribution in [2.24, 2.45) is 5.16 Å². The third kappa shape index (κ3) is 2.83. The quantitative estimate of drug-likeness (QED) is 0.850. The van der Waals surface area contributed by atoms with E-state index in [0.717, 1.165) is 17.5 Å². The number of nitrogens with zero attached hydrogens (tertiary/aromatic N) is 1. The van der Waals surface area contributed by atoms with Gasteiger partial charge in [0.2, 0.25) is 0 Å². The number of benzene rings is 1. The minimum Gasteiger partial charge on any atom is -0.389 e. The van der Waals surface area contributed by atoms with Crippen molar-refractivity contribution in [1.82, 2.24) is 4.72 Å². The van der Waals surface area contributed by atoms with Crippen molar-refractivity contribution < 1.29 is 17.8 Å². The Morgan fingerprint density at radius 1 is 1.40 bits per heavy atom. The summed E-state index contributed by atoms with van der Waals surface area (Å²) >= 11 is 0. The highest BCUT2D eigenvalue weighted by Gasteiger charge is 2.33. The van der Waals surface area contributed by atoms with Gasteiger partial charge in [-0.3, -0.25) is 0 Å². The number of oxime groups is 1. The molecule has 0 fully saturated rings. The van der Waals surface area contributed by atoms with Gasteiger partial charge in [-0.15, -0.1) is 0 Å². The zero-order valence-corrected chi connectivity index (χ0v) is 12.3. The molecule has 4 nitrogen and oxygen atoms in total. The fraction of sp³-hybridized carbons (Fsp3) is 0.385. The number of rotatable bonds is 2. The van der Waals surface area contributed by atoms with Crippen LogP contribution in [0.3, 0.4) is 0 Å². The van der Waals surface area contributed by atoms with Crippen molar-refractivity contribution in [3.63, 3.8) is 0 Å². The lowest BCUT2D eigenvalue weighted by molar-refractivity contribution is 0.0123. The smallest absolute Gasteiger partial charge is 0.154 e. The van der Waals surface area contributed by atoms with Crippen LogP contribution in [0.4, 0.5) is 8.78 Å². The summed E-state index contributed by atoms with van der Waals surface area (Å²) in [5, 5.41) is 5.08. The van der Waals surface area contributed by atoms with Crippen LogP contribution in [-0.4, -0.2) is 27.3 Å². The lowest BCUT2D eigenvalue weighted by Crippen LogP contribution is -2.32. The Bertz CT molecular complexity index is 657. The standard InChI is InChI=1S/C13H16F2N2O2S/c1-13(2)7-12(17-19-13)20(18,16-3)8-9-10(14)5-4-6-11(9)15/h4-6,8H,7H2,1-3H3,(H,16,18). The topological polar surface area (TPSA) is 50.7 Å². The molecule has 0 aromatic heterocycles. The van der Waals surface area contributed by atoms with Crippen LogP contribution in [-0.2, 0) is 14.5 Å². The van der Waals surface area contributed by atoms with Crippen molar-refractivity contribution in [3.05, 3.63) is 35.4 Å². The first-order valence-corrected chi connectivity index (χ1v) is 7.66. The molecule has 0 amide bonds. The van der Waals surface area contributed by atoms with Crippen LogP contribution >= 0.6 is 0 Å². The molecule has 1 aliphatic rings. The molecule has 0 bridgehead atoms. The molecular weight excluding hydrogens is 286 g/mol. The lowest BCUT2D eigenvalue weighted by atomic mass is 10.1. The van der Waals surface area contributed by atoms with Crippen molar-refractivity contribution in [2.75, 3.05) is 7.05 Å². The van der Waals surface area contributed by atoms with Gasteiger partial charge in [0.25, 0.3) is 0 Å². The number of halogens is 2. The van der Waals surface area contributed by atoms with Crippen LogP contribution in [0, 0.1) is 11.6 Å². The molecule has 110 valence electrons. The first kappa shape index (κ1) is 14.9. The van der Waals surface area contributed by atoms with Gasteiger partial charge in [-0.2, -0.15) is 0 Å². The van der Waals surface area contributed by atoms with Gasteiger partial charge in [0, 0.05) is 11.8 Å². The largest absolute Gasteiger partial charge is 0.389 e. The average molecular weight is 302 g/mol. The summed E-state index contributed by atoms with van der Waals surface area (Å²) in [6, 6.07) is 3.48. The van der Waals surface area contributed by atoms with Crippen LogP contribution in [0.1, 0.15) is 25.8 Å². The number of hydrogen-bond donors (Lipinski definition) is 1. The van der Waals surface area contributed by atoms with E-state index in [9.17, 15) is 13.0 Å².